The summed E-state index contributed by atoms with van der Waals surface area (Å²) in [6.45, 7) is 0. The molecular formula is C9H12O4. The maximum Gasteiger partial charge on any atom is 0.378 e. The number of carbonyl (C=O) groups excluding carboxylic acids is 1. The largest absolute Gasteiger partial charge is 0.499 e. The first-order valence-electron chi connectivity index (χ1n) is 4.41. The van der Waals surface area contributed by atoms with Crippen molar-refractivity contribution in [3.05, 3.63) is 11.5 Å². The van der Waals surface area contributed by atoms with Gasteiger partial charge in [0.15, 0.2) is 11.4 Å². The monoisotopic (exact) mass is 184 g/mol. The summed E-state index contributed by atoms with van der Waals surface area (Å²) in [5, 5.41) is 9.36. The molecule has 1 aliphatic heterocycles. The molecule has 13 heavy (non-hydrogen) atoms. The summed E-state index contributed by atoms with van der Waals surface area (Å²) in [5.41, 5.74) is -0.643. The lowest BCUT2D eigenvalue weighted by molar-refractivity contribution is -0.149. The molecule has 0 radical (unpaired) electrons. The van der Waals surface area contributed by atoms with E-state index in [-0.39, 0.29) is 5.76 Å². The quantitative estimate of drug-likeness (QED) is 0.623. The van der Waals surface area contributed by atoms with Crippen LogP contribution in [0.2, 0.25) is 0 Å². The second-order valence-electron chi connectivity index (χ2n) is 3.47. The third kappa shape index (κ3) is 1.01. The van der Waals surface area contributed by atoms with Crippen LogP contribution in [0.1, 0.15) is 25.7 Å². The zero-order valence-electron chi connectivity index (χ0n) is 7.50. The Morgan fingerprint density at radius 1 is 1.46 bits per heavy atom. The van der Waals surface area contributed by atoms with Crippen LogP contribution in [0, 0.1) is 0 Å². The Labute approximate surface area is 76.1 Å². The molecule has 2 rings (SSSR count). The van der Waals surface area contributed by atoms with Gasteiger partial charge in [-0.1, -0.05) is 0 Å². The van der Waals surface area contributed by atoms with Crippen molar-refractivity contribution in [1.82, 2.24) is 0 Å². The normalized spacial score (nSPS) is 25.5. The average Bonchev–Trinajstić information content (AvgIpc) is 2.62. The smallest absolute Gasteiger partial charge is 0.378 e. The molecule has 0 bridgehead atoms. The molecule has 0 aromatic heterocycles. The second-order valence-corrected chi connectivity index (χ2v) is 3.47. The molecule has 0 aromatic carbocycles. The summed E-state index contributed by atoms with van der Waals surface area (Å²) in [6, 6.07) is 0. The molecule has 0 atom stereocenters. The summed E-state index contributed by atoms with van der Waals surface area (Å²) in [6.07, 6.45) is 3.53. The van der Waals surface area contributed by atoms with Crippen molar-refractivity contribution in [2.24, 2.45) is 0 Å². The summed E-state index contributed by atoms with van der Waals surface area (Å²) >= 11 is 0. The van der Waals surface area contributed by atoms with Gasteiger partial charge in [-0.2, -0.15) is 0 Å². The van der Waals surface area contributed by atoms with Crippen LogP contribution in [0.4, 0.5) is 0 Å². The van der Waals surface area contributed by atoms with E-state index in [1.165, 1.54) is 7.11 Å². The van der Waals surface area contributed by atoms with Crippen LogP contribution in [0.5, 0.6) is 0 Å². The Kier molecular flexibility index (Phi) is 1.71. The number of hydrogen-bond acceptors (Lipinski definition) is 4. The molecule has 1 N–H and O–H groups in total. The molecule has 1 aliphatic carbocycles. The maximum absolute atomic E-state index is 11.1. The van der Waals surface area contributed by atoms with Gasteiger partial charge in [-0.25, -0.2) is 4.79 Å². The van der Waals surface area contributed by atoms with Crippen LogP contribution in [0.15, 0.2) is 11.5 Å². The molecule has 0 unspecified atom stereocenters. The van der Waals surface area contributed by atoms with Gasteiger partial charge in [0.05, 0.1) is 7.11 Å². The van der Waals surface area contributed by atoms with Crippen LogP contribution in [0.25, 0.3) is 0 Å². The molecule has 72 valence electrons. The maximum atomic E-state index is 11.1. The molecule has 0 saturated heterocycles. The van der Waals surface area contributed by atoms with E-state index in [1.54, 1.807) is 0 Å². The van der Waals surface area contributed by atoms with E-state index in [9.17, 15) is 9.90 Å². The number of aliphatic hydroxyl groups excluding tert-OH is 1. The first kappa shape index (κ1) is 8.41. The lowest BCUT2D eigenvalue weighted by Gasteiger charge is -2.23. The topological polar surface area (TPSA) is 55.8 Å². The van der Waals surface area contributed by atoms with Crippen molar-refractivity contribution in [2.75, 3.05) is 7.11 Å². The Balaban J connectivity index is 2.37. The van der Waals surface area contributed by atoms with Gasteiger partial charge in [-0.3, -0.25) is 0 Å². The van der Waals surface area contributed by atoms with Crippen LogP contribution >= 0.6 is 0 Å². The van der Waals surface area contributed by atoms with E-state index in [0.717, 1.165) is 25.7 Å². The van der Waals surface area contributed by atoms with Crippen molar-refractivity contribution in [3.8, 4) is 0 Å². The number of aliphatic hydroxyl groups is 1. The fraction of sp³-hybridized carbons (Fsp3) is 0.667. The third-order valence-corrected chi connectivity index (χ3v) is 2.73. The van der Waals surface area contributed by atoms with Crippen molar-refractivity contribution in [2.45, 2.75) is 31.3 Å². The Morgan fingerprint density at radius 3 is 2.62 bits per heavy atom. The molecule has 4 nitrogen and oxygen atoms in total. The SMILES string of the molecule is COC1=C(O)C(=O)OC12CCCC2. The van der Waals surface area contributed by atoms with Gasteiger partial charge in [0, 0.05) is 0 Å². The molecule has 1 saturated carbocycles. The highest BCUT2D eigenvalue weighted by Crippen LogP contribution is 2.44. The number of methoxy groups -OCH3 is 1. The van der Waals surface area contributed by atoms with Crippen molar-refractivity contribution in [1.29, 1.82) is 0 Å². The van der Waals surface area contributed by atoms with E-state index < -0.39 is 11.6 Å². The summed E-state index contributed by atoms with van der Waals surface area (Å²) in [7, 11) is 1.45. The van der Waals surface area contributed by atoms with E-state index in [4.69, 9.17) is 9.47 Å². The van der Waals surface area contributed by atoms with Gasteiger partial charge in [0.25, 0.3) is 0 Å². The van der Waals surface area contributed by atoms with Gasteiger partial charge >= 0.3 is 5.97 Å². The zero-order valence-corrected chi connectivity index (χ0v) is 7.50. The molecule has 1 spiro atoms. The van der Waals surface area contributed by atoms with Gasteiger partial charge in [-0.05, 0) is 25.7 Å². The van der Waals surface area contributed by atoms with E-state index >= 15 is 0 Å². The molecule has 0 amide bonds. The van der Waals surface area contributed by atoms with Crippen LogP contribution in [-0.2, 0) is 14.3 Å². The average molecular weight is 184 g/mol. The molecule has 1 heterocycles. The summed E-state index contributed by atoms with van der Waals surface area (Å²) in [5.74, 6) is -0.696. The first-order valence-corrected chi connectivity index (χ1v) is 4.41. The van der Waals surface area contributed by atoms with E-state index in [1.807, 2.05) is 0 Å². The minimum absolute atomic E-state index is 0.315. The Bertz CT molecular complexity index is 273. The number of ether oxygens (including phenoxy) is 2. The number of carbonyl (C=O) groups is 1. The van der Waals surface area contributed by atoms with Crippen LogP contribution < -0.4 is 0 Å². The summed E-state index contributed by atoms with van der Waals surface area (Å²) < 4.78 is 10.2. The van der Waals surface area contributed by atoms with Crippen molar-refractivity contribution < 1.29 is 19.4 Å². The number of esters is 1. The number of rotatable bonds is 1. The molecule has 0 aromatic rings. The van der Waals surface area contributed by atoms with Crippen molar-refractivity contribution >= 4 is 5.97 Å². The van der Waals surface area contributed by atoms with Crippen LogP contribution in [0.3, 0.4) is 0 Å². The van der Waals surface area contributed by atoms with E-state index in [0.29, 0.717) is 5.76 Å². The zero-order chi connectivity index (χ0) is 9.47. The predicted molar refractivity (Wildman–Crippen MR) is 44.0 cm³/mol. The fourth-order valence-corrected chi connectivity index (χ4v) is 2.14. The number of hydrogen-bond donors (Lipinski definition) is 1. The summed E-state index contributed by atoms with van der Waals surface area (Å²) in [4.78, 5) is 11.1. The van der Waals surface area contributed by atoms with Gasteiger partial charge in [0.1, 0.15) is 0 Å². The second kappa shape index (κ2) is 2.65. The minimum Gasteiger partial charge on any atom is -0.499 e. The molecular weight excluding hydrogens is 172 g/mol. The minimum atomic E-state index is -0.654. The fourth-order valence-electron chi connectivity index (χ4n) is 2.14. The van der Waals surface area contributed by atoms with Crippen molar-refractivity contribution in [3.63, 3.8) is 0 Å². The molecule has 1 fully saturated rings. The van der Waals surface area contributed by atoms with Gasteiger partial charge in [-0.15, -0.1) is 0 Å². The molecule has 4 heteroatoms. The highest BCUT2D eigenvalue weighted by molar-refractivity contribution is 5.90. The lowest BCUT2D eigenvalue weighted by Crippen LogP contribution is -2.28. The first-order chi connectivity index (χ1) is 6.19. The third-order valence-electron chi connectivity index (χ3n) is 2.73. The van der Waals surface area contributed by atoms with Gasteiger partial charge in [0.2, 0.25) is 5.76 Å². The molecule has 2 aliphatic rings. The Morgan fingerprint density at radius 2 is 2.08 bits per heavy atom. The van der Waals surface area contributed by atoms with Crippen LogP contribution in [-0.4, -0.2) is 23.8 Å². The predicted octanol–water partition coefficient (Wildman–Crippen LogP) is 1.27. The Hall–Kier alpha value is -1.19. The van der Waals surface area contributed by atoms with E-state index in [2.05, 4.69) is 0 Å². The standard InChI is InChI=1S/C9H12O4/c1-12-7-6(10)8(11)13-9(7)4-2-3-5-9/h10H,2-5H2,1H3. The highest BCUT2D eigenvalue weighted by atomic mass is 16.6. The lowest BCUT2D eigenvalue weighted by atomic mass is 10.0. The highest BCUT2D eigenvalue weighted by Gasteiger charge is 2.51. The van der Waals surface area contributed by atoms with Gasteiger partial charge < -0.3 is 14.6 Å².